The first-order chi connectivity index (χ1) is 8.34. The Balaban J connectivity index is 2.03. The van der Waals surface area contributed by atoms with Gasteiger partial charge in [-0.05, 0) is 38.6 Å². The van der Waals surface area contributed by atoms with Crippen molar-refractivity contribution in [2.45, 2.75) is 51.0 Å². The van der Waals surface area contributed by atoms with Gasteiger partial charge in [-0.15, -0.1) is 0 Å². The molecule has 0 aliphatic carbocycles. The Morgan fingerprint density at radius 2 is 2.18 bits per heavy atom. The number of ether oxygens (including phenoxy) is 1. The van der Waals surface area contributed by atoms with E-state index in [1.54, 1.807) is 7.11 Å². The minimum atomic E-state index is 0.0384. The monoisotopic (exact) mass is 242 g/mol. The van der Waals surface area contributed by atoms with Gasteiger partial charge < -0.3 is 15.4 Å². The van der Waals surface area contributed by atoms with Crippen molar-refractivity contribution in [1.82, 2.24) is 10.6 Å². The van der Waals surface area contributed by atoms with Crippen LogP contribution in [-0.2, 0) is 9.53 Å². The minimum absolute atomic E-state index is 0.0384. The van der Waals surface area contributed by atoms with Crippen molar-refractivity contribution in [1.29, 1.82) is 0 Å². The summed E-state index contributed by atoms with van der Waals surface area (Å²) in [6.45, 7) is 2.59. The molecule has 1 heterocycles. The van der Waals surface area contributed by atoms with Gasteiger partial charge in [0, 0.05) is 20.3 Å². The van der Waals surface area contributed by atoms with Crippen LogP contribution in [0.15, 0.2) is 0 Å². The quantitative estimate of drug-likeness (QED) is 0.664. The Hall–Kier alpha value is -0.610. The predicted molar refractivity (Wildman–Crippen MR) is 69.0 cm³/mol. The summed E-state index contributed by atoms with van der Waals surface area (Å²) in [5.41, 5.74) is 0. The molecule has 4 heteroatoms. The van der Waals surface area contributed by atoms with Crippen LogP contribution in [0.25, 0.3) is 0 Å². The van der Waals surface area contributed by atoms with Gasteiger partial charge in [0.2, 0.25) is 5.91 Å². The lowest BCUT2D eigenvalue weighted by Gasteiger charge is -2.15. The third-order valence-corrected chi connectivity index (χ3v) is 3.20. The zero-order valence-corrected chi connectivity index (χ0v) is 11.0. The van der Waals surface area contributed by atoms with Crippen LogP contribution >= 0.6 is 0 Å². The summed E-state index contributed by atoms with van der Waals surface area (Å²) >= 11 is 0. The van der Waals surface area contributed by atoms with Crippen molar-refractivity contribution in [3.63, 3.8) is 0 Å². The smallest absolute Gasteiger partial charge is 0.237 e. The lowest BCUT2D eigenvalue weighted by atomic mass is 10.1. The summed E-state index contributed by atoms with van der Waals surface area (Å²) < 4.78 is 4.98. The Labute approximate surface area is 104 Å². The lowest BCUT2D eigenvalue weighted by molar-refractivity contribution is -0.123. The van der Waals surface area contributed by atoms with Gasteiger partial charge in [0.05, 0.1) is 6.04 Å². The van der Waals surface area contributed by atoms with Crippen LogP contribution < -0.4 is 10.6 Å². The van der Waals surface area contributed by atoms with Gasteiger partial charge in [-0.1, -0.05) is 12.8 Å². The minimum Gasteiger partial charge on any atom is -0.385 e. The molecule has 0 aromatic rings. The lowest BCUT2D eigenvalue weighted by Crippen LogP contribution is -2.43. The largest absolute Gasteiger partial charge is 0.385 e. The maximum atomic E-state index is 11.8. The van der Waals surface area contributed by atoms with Crippen molar-refractivity contribution in [2.75, 3.05) is 26.8 Å². The number of amides is 1. The molecular weight excluding hydrogens is 216 g/mol. The third kappa shape index (κ3) is 6.64. The molecule has 0 aromatic heterocycles. The molecular formula is C13H26N2O2. The Kier molecular flexibility index (Phi) is 8.01. The van der Waals surface area contributed by atoms with E-state index in [0.29, 0.717) is 0 Å². The van der Waals surface area contributed by atoms with Gasteiger partial charge >= 0.3 is 0 Å². The molecule has 0 bridgehead atoms. The van der Waals surface area contributed by atoms with Crippen LogP contribution in [0.1, 0.15) is 44.9 Å². The van der Waals surface area contributed by atoms with Gasteiger partial charge in [-0.2, -0.15) is 0 Å². The number of hydrogen-bond donors (Lipinski definition) is 2. The maximum absolute atomic E-state index is 11.8. The number of carbonyl (C=O) groups is 1. The Morgan fingerprint density at radius 1 is 1.29 bits per heavy atom. The number of unbranched alkanes of at least 4 members (excludes halogenated alkanes) is 2. The SMILES string of the molecule is COCCCCCNC(=O)C1CCCCCN1. The second kappa shape index (κ2) is 9.42. The highest BCUT2D eigenvalue weighted by atomic mass is 16.5. The van der Waals surface area contributed by atoms with Crippen LogP contribution in [0.2, 0.25) is 0 Å². The fourth-order valence-corrected chi connectivity index (χ4v) is 2.14. The van der Waals surface area contributed by atoms with E-state index >= 15 is 0 Å². The maximum Gasteiger partial charge on any atom is 0.237 e. The molecule has 0 spiro atoms. The second-order valence-corrected chi connectivity index (χ2v) is 4.70. The summed E-state index contributed by atoms with van der Waals surface area (Å²) in [7, 11) is 1.72. The molecule has 1 aliphatic heterocycles. The predicted octanol–water partition coefficient (Wildman–Crippen LogP) is 1.45. The number of methoxy groups -OCH3 is 1. The standard InChI is InChI=1S/C13H26N2O2/c1-17-11-7-3-6-10-15-13(16)12-8-4-2-5-9-14-12/h12,14H,2-11H2,1H3,(H,15,16). The molecule has 100 valence electrons. The Bertz CT molecular complexity index is 202. The average molecular weight is 242 g/mol. The molecule has 2 N–H and O–H groups in total. The normalized spacial score (nSPS) is 20.9. The van der Waals surface area contributed by atoms with Crippen LogP contribution in [-0.4, -0.2) is 38.8 Å². The molecule has 1 unspecified atom stereocenters. The van der Waals surface area contributed by atoms with Crippen LogP contribution in [0, 0.1) is 0 Å². The number of nitrogens with one attached hydrogen (secondary N) is 2. The highest BCUT2D eigenvalue weighted by molar-refractivity contribution is 5.81. The van der Waals surface area contributed by atoms with Gasteiger partial charge in [-0.3, -0.25) is 4.79 Å². The molecule has 1 rings (SSSR count). The molecule has 4 nitrogen and oxygen atoms in total. The number of carbonyl (C=O) groups excluding carboxylic acids is 1. The van der Waals surface area contributed by atoms with Gasteiger partial charge in [0.25, 0.3) is 0 Å². The van der Waals surface area contributed by atoms with E-state index in [1.165, 1.54) is 19.3 Å². The second-order valence-electron chi connectivity index (χ2n) is 4.70. The zero-order valence-electron chi connectivity index (χ0n) is 11.0. The molecule has 0 saturated carbocycles. The number of rotatable bonds is 7. The Morgan fingerprint density at radius 3 is 3.00 bits per heavy atom. The first kappa shape index (κ1) is 14.5. The van der Waals surface area contributed by atoms with E-state index in [9.17, 15) is 4.79 Å². The molecule has 1 atom stereocenters. The summed E-state index contributed by atoms with van der Waals surface area (Å²) in [4.78, 5) is 11.8. The molecule has 17 heavy (non-hydrogen) atoms. The third-order valence-electron chi connectivity index (χ3n) is 3.20. The van der Waals surface area contributed by atoms with Crippen molar-refractivity contribution in [3.8, 4) is 0 Å². The highest BCUT2D eigenvalue weighted by Gasteiger charge is 2.18. The van der Waals surface area contributed by atoms with Crippen molar-refractivity contribution in [3.05, 3.63) is 0 Å². The van der Waals surface area contributed by atoms with Crippen LogP contribution in [0.4, 0.5) is 0 Å². The first-order valence-electron chi connectivity index (χ1n) is 6.84. The van der Waals surface area contributed by atoms with E-state index in [2.05, 4.69) is 10.6 Å². The van der Waals surface area contributed by atoms with Crippen LogP contribution in [0.3, 0.4) is 0 Å². The fourth-order valence-electron chi connectivity index (χ4n) is 2.14. The highest BCUT2D eigenvalue weighted by Crippen LogP contribution is 2.08. The zero-order chi connectivity index (χ0) is 12.3. The van der Waals surface area contributed by atoms with Crippen molar-refractivity contribution in [2.24, 2.45) is 0 Å². The van der Waals surface area contributed by atoms with E-state index in [4.69, 9.17) is 4.74 Å². The number of hydrogen-bond acceptors (Lipinski definition) is 3. The summed E-state index contributed by atoms with van der Waals surface area (Å²) in [5, 5.41) is 6.33. The average Bonchev–Trinajstić information content (AvgIpc) is 2.62. The van der Waals surface area contributed by atoms with E-state index in [-0.39, 0.29) is 11.9 Å². The van der Waals surface area contributed by atoms with E-state index in [1.807, 2.05) is 0 Å². The fraction of sp³-hybridized carbons (Fsp3) is 0.923. The first-order valence-corrected chi connectivity index (χ1v) is 6.84. The van der Waals surface area contributed by atoms with Crippen molar-refractivity contribution >= 4 is 5.91 Å². The molecule has 1 saturated heterocycles. The summed E-state index contributed by atoms with van der Waals surface area (Å²) in [5.74, 6) is 0.179. The van der Waals surface area contributed by atoms with Gasteiger partial charge in [0.15, 0.2) is 0 Å². The molecule has 1 aliphatic rings. The van der Waals surface area contributed by atoms with E-state index < -0.39 is 0 Å². The summed E-state index contributed by atoms with van der Waals surface area (Å²) in [6.07, 6.45) is 7.82. The molecule has 0 radical (unpaired) electrons. The van der Waals surface area contributed by atoms with Crippen LogP contribution in [0.5, 0.6) is 0 Å². The van der Waals surface area contributed by atoms with Crippen molar-refractivity contribution < 1.29 is 9.53 Å². The summed E-state index contributed by atoms with van der Waals surface area (Å²) in [6, 6.07) is 0.0384. The van der Waals surface area contributed by atoms with Gasteiger partial charge in [-0.25, -0.2) is 0 Å². The van der Waals surface area contributed by atoms with E-state index in [0.717, 1.165) is 45.4 Å². The molecule has 1 amide bonds. The van der Waals surface area contributed by atoms with Gasteiger partial charge in [0.1, 0.15) is 0 Å². The molecule has 0 aromatic carbocycles. The topological polar surface area (TPSA) is 50.4 Å². The molecule has 1 fully saturated rings.